The fourth-order valence-corrected chi connectivity index (χ4v) is 3.83. The van der Waals surface area contributed by atoms with Gasteiger partial charge in [-0.2, -0.15) is 13.2 Å². The van der Waals surface area contributed by atoms with Crippen LogP contribution in [0.2, 0.25) is 0 Å². The number of benzene rings is 1. The standard InChI is InChI=1S/C21H24F4N4O3/c1-3-10-31-14-6-8-29(9-7-14)19(30)27-13-4-5-16(22)15(11-13)20(2)12-17(21(23,24)25)32-18(26)28-20/h1,4-5,11,14,17H,6-10,12H2,2H3,(H2,26,28)(H,27,30). The highest BCUT2D eigenvalue weighted by atomic mass is 19.4. The van der Waals surface area contributed by atoms with E-state index in [0.29, 0.717) is 25.9 Å². The summed E-state index contributed by atoms with van der Waals surface area (Å²) >= 11 is 0. The van der Waals surface area contributed by atoms with Crippen LogP contribution in [0.4, 0.5) is 28.0 Å². The number of amides is 2. The van der Waals surface area contributed by atoms with Crippen LogP contribution in [0.25, 0.3) is 0 Å². The fraction of sp³-hybridized carbons (Fsp3) is 0.524. The number of nitrogens with zero attached hydrogens (tertiary/aromatic N) is 2. The number of hydrogen-bond donors (Lipinski definition) is 2. The molecule has 0 saturated carbocycles. The first-order valence-corrected chi connectivity index (χ1v) is 10.0. The Hall–Kier alpha value is -3.00. The first-order chi connectivity index (χ1) is 15.0. The molecule has 0 bridgehead atoms. The number of nitrogens with two attached hydrogens (primary N) is 1. The predicted molar refractivity (Wildman–Crippen MR) is 109 cm³/mol. The molecule has 1 saturated heterocycles. The van der Waals surface area contributed by atoms with Crippen LogP contribution in [0, 0.1) is 18.2 Å². The number of ether oxygens (including phenoxy) is 2. The van der Waals surface area contributed by atoms with Gasteiger partial charge in [-0.3, -0.25) is 0 Å². The minimum Gasteiger partial charge on any atom is -0.452 e. The lowest BCUT2D eigenvalue weighted by atomic mass is 9.85. The van der Waals surface area contributed by atoms with Crippen LogP contribution in [-0.4, -0.2) is 55.0 Å². The van der Waals surface area contributed by atoms with E-state index in [0.717, 1.165) is 6.07 Å². The summed E-state index contributed by atoms with van der Waals surface area (Å²) in [6, 6.07) is 2.58. The molecule has 1 aromatic rings. The zero-order chi connectivity index (χ0) is 23.5. The summed E-state index contributed by atoms with van der Waals surface area (Å²) < 4.78 is 64.3. The Morgan fingerprint density at radius 1 is 1.44 bits per heavy atom. The van der Waals surface area contributed by atoms with Crippen LogP contribution in [0.3, 0.4) is 0 Å². The number of likely N-dealkylation sites (tertiary alicyclic amines) is 1. The van der Waals surface area contributed by atoms with Crippen LogP contribution in [0.15, 0.2) is 23.2 Å². The van der Waals surface area contributed by atoms with Gasteiger partial charge in [0.25, 0.3) is 6.02 Å². The zero-order valence-corrected chi connectivity index (χ0v) is 17.4. The number of carbonyl (C=O) groups excluding carboxylic acids is 1. The molecule has 2 atom stereocenters. The van der Waals surface area contributed by atoms with Crippen LogP contribution in [-0.2, 0) is 15.0 Å². The van der Waals surface area contributed by atoms with E-state index in [1.54, 1.807) is 4.90 Å². The first-order valence-electron chi connectivity index (χ1n) is 10.0. The molecule has 0 aliphatic carbocycles. The summed E-state index contributed by atoms with van der Waals surface area (Å²) in [5.41, 5.74) is 3.92. The molecule has 7 nitrogen and oxygen atoms in total. The number of terminal acetylenes is 1. The number of halogens is 4. The summed E-state index contributed by atoms with van der Waals surface area (Å²) in [5.74, 6) is 1.63. The van der Waals surface area contributed by atoms with Gasteiger partial charge in [-0.25, -0.2) is 14.2 Å². The number of urea groups is 1. The number of nitrogens with one attached hydrogen (secondary N) is 1. The molecule has 3 N–H and O–H groups in total. The molecule has 174 valence electrons. The Balaban J connectivity index is 1.73. The molecule has 0 spiro atoms. The first kappa shape index (κ1) is 23.7. The number of aliphatic imine (C=N–C) groups is 1. The van der Waals surface area contributed by atoms with Crippen molar-refractivity contribution in [2.24, 2.45) is 10.7 Å². The number of alkyl halides is 3. The van der Waals surface area contributed by atoms with E-state index < -0.39 is 42.1 Å². The molecule has 1 fully saturated rings. The van der Waals surface area contributed by atoms with Gasteiger partial charge in [0.1, 0.15) is 12.4 Å². The smallest absolute Gasteiger partial charge is 0.425 e. The van der Waals surface area contributed by atoms with E-state index in [2.05, 4.69) is 21.0 Å². The van der Waals surface area contributed by atoms with Crippen LogP contribution < -0.4 is 11.1 Å². The number of anilines is 1. The lowest BCUT2D eigenvalue weighted by Gasteiger charge is -2.36. The molecule has 32 heavy (non-hydrogen) atoms. The van der Waals surface area contributed by atoms with Gasteiger partial charge in [0.05, 0.1) is 11.6 Å². The van der Waals surface area contributed by atoms with Crippen LogP contribution in [0.1, 0.15) is 31.7 Å². The quantitative estimate of drug-likeness (QED) is 0.537. The third-order valence-electron chi connectivity index (χ3n) is 5.50. The third-order valence-corrected chi connectivity index (χ3v) is 5.50. The maximum absolute atomic E-state index is 14.6. The Morgan fingerprint density at radius 3 is 2.75 bits per heavy atom. The second-order valence-corrected chi connectivity index (χ2v) is 7.90. The van der Waals surface area contributed by atoms with Crippen molar-refractivity contribution in [2.45, 2.75) is 50.1 Å². The van der Waals surface area contributed by atoms with Crippen molar-refractivity contribution in [3.63, 3.8) is 0 Å². The largest absolute Gasteiger partial charge is 0.452 e. The molecule has 2 unspecified atom stereocenters. The van der Waals surface area contributed by atoms with E-state index in [4.69, 9.17) is 16.9 Å². The van der Waals surface area contributed by atoms with E-state index in [1.165, 1.54) is 19.1 Å². The van der Waals surface area contributed by atoms with Gasteiger partial charge in [0.2, 0.25) is 0 Å². The topological polar surface area (TPSA) is 89.2 Å². The number of hydrogen-bond acceptors (Lipinski definition) is 5. The van der Waals surface area contributed by atoms with Crippen molar-refractivity contribution in [3.8, 4) is 12.3 Å². The minimum atomic E-state index is -4.69. The maximum Gasteiger partial charge on any atom is 0.425 e. The molecule has 1 aromatic carbocycles. The molecule has 2 aliphatic heterocycles. The lowest BCUT2D eigenvalue weighted by molar-refractivity contribution is -0.208. The maximum atomic E-state index is 14.6. The molecular weight excluding hydrogens is 432 g/mol. The Labute approximate surface area is 182 Å². The summed E-state index contributed by atoms with van der Waals surface area (Å²) in [7, 11) is 0. The highest BCUT2D eigenvalue weighted by molar-refractivity contribution is 5.89. The zero-order valence-electron chi connectivity index (χ0n) is 17.4. The fourth-order valence-electron chi connectivity index (χ4n) is 3.83. The summed E-state index contributed by atoms with van der Waals surface area (Å²) in [4.78, 5) is 18.1. The average Bonchev–Trinajstić information content (AvgIpc) is 2.72. The van der Waals surface area contributed by atoms with Crippen molar-refractivity contribution in [2.75, 3.05) is 25.0 Å². The third kappa shape index (κ3) is 5.43. The van der Waals surface area contributed by atoms with Gasteiger partial charge < -0.3 is 25.4 Å². The number of carbonyl (C=O) groups is 1. The molecular formula is C21H24F4N4O3. The second-order valence-electron chi connectivity index (χ2n) is 7.90. The van der Waals surface area contributed by atoms with Crippen molar-refractivity contribution in [3.05, 3.63) is 29.6 Å². The van der Waals surface area contributed by atoms with Gasteiger partial charge in [-0.05, 0) is 38.0 Å². The molecule has 2 amide bonds. The number of rotatable bonds is 4. The van der Waals surface area contributed by atoms with Crippen molar-refractivity contribution < 1.29 is 31.8 Å². The predicted octanol–water partition coefficient (Wildman–Crippen LogP) is 3.35. The monoisotopic (exact) mass is 456 g/mol. The summed E-state index contributed by atoms with van der Waals surface area (Å²) in [5, 5.41) is 2.66. The molecule has 2 heterocycles. The van der Waals surface area contributed by atoms with Gasteiger partial charge in [-0.15, -0.1) is 6.42 Å². The Morgan fingerprint density at radius 2 is 2.12 bits per heavy atom. The van der Waals surface area contributed by atoms with E-state index >= 15 is 0 Å². The molecule has 11 heteroatoms. The second kappa shape index (κ2) is 9.24. The summed E-state index contributed by atoms with van der Waals surface area (Å²) in [6.45, 7) is 2.43. The van der Waals surface area contributed by atoms with Crippen molar-refractivity contribution in [1.29, 1.82) is 0 Å². The van der Waals surface area contributed by atoms with Crippen LogP contribution >= 0.6 is 0 Å². The SMILES string of the molecule is C#CCOC1CCN(C(=O)Nc2ccc(F)c(C3(C)CC(C(F)(F)F)OC(N)=N3)c2)CC1. The lowest BCUT2D eigenvalue weighted by Crippen LogP contribution is -2.46. The number of amidine groups is 1. The summed E-state index contributed by atoms with van der Waals surface area (Å²) in [6.07, 6.45) is -1.18. The molecule has 0 radical (unpaired) electrons. The highest BCUT2D eigenvalue weighted by Crippen LogP contribution is 2.41. The van der Waals surface area contributed by atoms with Gasteiger partial charge in [0, 0.05) is 30.8 Å². The number of piperidine rings is 1. The van der Waals surface area contributed by atoms with Crippen molar-refractivity contribution >= 4 is 17.7 Å². The average molecular weight is 456 g/mol. The highest BCUT2D eigenvalue weighted by Gasteiger charge is 2.50. The molecule has 2 aliphatic rings. The molecule has 0 aromatic heterocycles. The Kier molecular flexibility index (Phi) is 6.83. The van der Waals surface area contributed by atoms with Crippen molar-refractivity contribution in [1.82, 2.24) is 4.90 Å². The molecule has 3 rings (SSSR count). The minimum absolute atomic E-state index is 0.0223. The normalized spacial score (nSPS) is 24.3. The van der Waals surface area contributed by atoms with Crippen LogP contribution in [0.5, 0.6) is 0 Å². The Bertz CT molecular complexity index is 923. The van der Waals surface area contributed by atoms with E-state index in [-0.39, 0.29) is 24.0 Å². The van der Waals surface area contributed by atoms with Gasteiger partial charge in [0.15, 0.2) is 6.10 Å². The van der Waals surface area contributed by atoms with Gasteiger partial charge >= 0.3 is 12.2 Å². The van der Waals surface area contributed by atoms with E-state index in [9.17, 15) is 22.4 Å². The van der Waals surface area contributed by atoms with E-state index in [1.807, 2.05) is 0 Å². The van der Waals surface area contributed by atoms with Gasteiger partial charge in [-0.1, -0.05) is 5.92 Å².